The number of nitrogens with zero attached hydrogens (tertiary/aromatic N) is 1. The lowest BCUT2D eigenvalue weighted by molar-refractivity contribution is 0.354. The van der Waals surface area contributed by atoms with Gasteiger partial charge in [-0.3, -0.25) is 0 Å². The molecule has 1 aliphatic heterocycles. The Morgan fingerprint density at radius 2 is 2.31 bits per heavy atom. The summed E-state index contributed by atoms with van der Waals surface area (Å²) in [5.41, 5.74) is 0.877. The van der Waals surface area contributed by atoms with Crippen molar-refractivity contribution < 1.29 is 9.13 Å². The number of hydrogen-bond donors (Lipinski definition) is 1. The lowest BCUT2D eigenvalue weighted by Gasteiger charge is -2.28. The van der Waals surface area contributed by atoms with E-state index in [1.165, 1.54) is 12.3 Å². The number of piperidine rings is 1. The van der Waals surface area contributed by atoms with E-state index in [4.69, 9.17) is 4.74 Å². The summed E-state index contributed by atoms with van der Waals surface area (Å²) >= 11 is 0. The first-order valence-corrected chi connectivity index (χ1v) is 5.63. The van der Waals surface area contributed by atoms with Crippen LogP contribution in [-0.2, 0) is 0 Å². The van der Waals surface area contributed by atoms with Crippen molar-refractivity contribution in [3.05, 3.63) is 23.6 Å². The van der Waals surface area contributed by atoms with Gasteiger partial charge in [0.05, 0.1) is 13.3 Å². The number of methoxy groups -OCH3 is 1. The zero-order valence-corrected chi connectivity index (χ0v) is 9.66. The molecule has 1 saturated heterocycles. The maximum Gasteiger partial charge on any atom is 0.216 e. The molecule has 0 bridgehead atoms. The molecule has 2 atom stereocenters. The van der Waals surface area contributed by atoms with Gasteiger partial charge in [-0.05, 0) is 25.8 Å². The smallest absolute Gasteiger partial charge is 0.216 e. The van der Waals surface area contributed by atoms with Crippen LogP contribution in [0.5, 0.6) is 5.88 Å². The highest BCUT2D eigenvalue weighted by Gasteiger charge is 2.23. The van der Waals surface area contributed by atoms with Crippen molar-refractivity contribution in [3.63, 3.8) is 0 Å². The lowest BCUT2D eigenvalue weighted by atomic mass is 9.89. The average Bonchev–Trinajstić information content (AvgIpc) is 2.30. The second kappa shape index (κ2) is 4.78. The van der Waals surface area contributed by atoms with E-state index in [0.29, 0.717) is 17.8 Å². The number of rotatable bonds is 2. The summed E-state index contributed by atoms with van der Waals surface area (Å²) in [6, 6.07) is 2.08. The lowest BCUT2D eigenvalue weighted by Crippen LogP contribution is -2.35. The van der Waals surface area contributed by atoms with Crippen LogP contribution in [0.25, 0.3) is 0 Å². The van der Waals surface area contributed by atoms with Crippen LogP contribution in [0.2, 0.25) is 0 Å². The zero-order chi connectivity index (χ0) is 11.5. The topological polar surface area (TPSA) is 34.1 Å². The number of halogens is 1. The fraction of sp³-hybridized carbons (Fsp3) is 0.583. The summed E-state index contributed by atoms with van der Waals surface area (Å²) in [6.07, 6.45) is 3.35. The molecule has 1 aromatic heterocycles. The Morgan fingerprint density at radius 1 is 1.50 bits per heavy atom. The van der Waals surface area contributed by atoms with Crippen LogP contribution in [0.4, 0.5) is 4.39 Å². The molecule has 0 amide bonds. The van der Waals surface area contributed by atoms with E-state index >= 15 is 0 Å². The molecule has 0 saturated carbocycles. The number of pyridine rings is 1. The standard InChI is InChI=1S/C12H17FN2O/c1-8-3-4-9(6-14-8)11-5-10(13)7-15-12(11)16-2/h5,7-9,14H,3-4,6H2,1-2H3. The van der Waals surface area contributed by atoms with Crippen LogP contribution in [0.3, 0.4) is 0 Å². The second-order valence-corrected chi connectivity index (χ2v) is 4.34. The van der Waals surface area contributed by atoms with E-state index in [9.17, 15) is 4.39 Å². The first-order valence-electron chi connectivity index (χ1n) is 5.63. The van der Waals surface area contributed by atoms with Gasteiger partial charge in [0, 0.05) is 24.1 Å². The first kappa shape index (κ1) is 11.3. The molecule has 0 aliphatic carbocycles. The molecular formula is C12H17FN2O. The zero-order valence-electron chi connectivity index (χ0n) is 9.66. The third-order valence-electron chi connectivity index (χ3n) is 3.14. The van der Waals surface area contributed by atoms with E-state index in [2.05, 4.69) is 17.2 Å². The van der Waals surface area contributed by atoms with Crippen molar-refractivity contribution in [2.45, 2.75) is 31.7 Å². The monoisotopic (exact) mass is 224 g/mol. The van der Waals surface area contributed by atoms with Gasteiger partial charge in [-0.25, -0.2) is 9.37 Å². The molecule has 1 aromatic rings. The molecule has 1 aliphatic rings. The molecule has 2 rings (SSSR count). The molecule has 0 aromatic carbocycles. The molecule has 0 radical (unpaired) electrons. The van der Waals surface area contributed by atoms with Gasteiger partial charge < -0.3 is 10.1 Å². The fourth-order valence-electron chi connectivity index (χ4n) is 2.17. The van der Waals surface area contributed by atoms with Crippen molar-refractivity contribution in [3.8, 4) is 5.88 Å². The van der Waals surface area contributed by atoms with Gasteiger partial charge >= 0.3 is 0 Å². The molecule has 0 spiro atoms. The van der Waals surface area contributed by atoms with Crippen LogP contribution in [0.15, 0.2) is 12.3 Å². The number of nitrogens with one attached hydrogen (secondary N) is 1. The minimum atomic E-state index is -0.297. The minimum Gasteiger partial charge on any atom is -0.481 e. The van der Waals surface area contributed by atoms with Gasteiger partial charge in [0.1, 0.15) is 5.82 Å². The fourth-order valence-corrected chi connectivity index (χ4v) is 2.17. The molecule has 16 heavy (non-hydrogen) atoms. The maximum atomic E-state index is 13.2. The Hall–Kier alpha value is -1.16. The van der Waals surface area contributed by atoms with Crippen LogP contribution in [-0.4, -0.2) is 24.7 Å². The van der Waals surface area contributed by atoms with Crippen LogP contribution < -0.4 is 10.1 Å². The Kier molecular flexibility index (Phi) is 3.39. The van der Waals surface area contributed by atoms with Gasteiger partial charge in [0.15, 0.2) is 0 Å². The van der Waals surface area contributed by atoms with Crippen LogP contribution in [0.1, 0.15) is 31.2 Å². The summed E-state index contributed by atoms with van der Waals surface area (Å²) in [4.78, 5) is 3.97. The van der Waals surface area contributed by atoms with Crippen molar-refractivity contribution in [2.75, 3.05) is 13.7 Å². The number of hydrogen-bond acceptors (Lipinski definition) is 3. The molecule has 3 nitrogen and oxygen atoms in total. The average molecular weight is 224 g/mol. The highest BCUT2D eigenvalue weighted by Crippen LogP contribution is 2.30. The molecule has 2 unspecified atom stereocenters. The van der Waals surface area contributed by atoms with Gasteiger partial charge in [-0.2, -0.15) is 0 Å². The highest BCUT2D eigenvalue weighted by molar-refractivity contribution is 5.30. The summed E-state index contributed by atoms with van der Waals surface area (Å²) in [6.45, 7) is 3.03. The number of ether oxygens (including phenoxy) is 1. The molecule has 88 valence electrons. The SMILES string of the molecule is COc1ncc(F)cc1C1CCC(C)NC1. The Bertz CT molecular complexity index is 362. The number of aromatic nitrogens is 1. The normalized spacial score (nSPS) is 25.4. The predicted octanol–water partition coefficient (Wildman–Crippen LogP) is 2.08. The Morgan fingerprint density at radius 3 is 2.94 bits per heavy atom. The third kappa shape index (κ3) is 2.32. The van der Waals surface area contributed by atoms with Crippen molar-refractivity contribution >= 4 is 0 Å². The minimum absolute atomic E-state index is 0.297. The van der Waals surface area contributed by atoms with Crippen molar-refractivity contribution in [1.29, 1.82) is 0 Å². The van der Waals surface area contributed by atoms with Crippen molar-refractivity contribution in [1.82, 2.24) is 10.3 Å². The largest absolute Gasteiger partial charge is 0.481 e. The molecular weight excluding hydrogens is 207 g/mol. The molecule has 2 heterocycles. The third-order valence-corrected chi connectivity index (χ3v) is 3.14. The van der Waals surface area contributed by atoms with E-state index < -0.39 is 0 Å². The quantitative estimate of drug-likeness (QED) is 0.835. The van der Waals surface area contributed by atoms with Gasteiger partial charge in [0.25, 0.3) is 0 Å². The highest BCUT2D eigenvalue weighted by atomic mass is 19.1. The van der Waals surface area contributed by atoms with Gasteiger partial charge in [-0.1, -0.05) is 0 Å². The second-order valence-electron chi connectivity index (χ2n) is 4.34. The molecule has 1 fully saturated rings. The Balaban J connectivity index is 2.21. The Labute approximate surface area is 95.0 Å². The summed E-state index contributed by atoms with van der Waals surface area (Å²) in [7, 11) is 1.57. The van der Waals surface area contributed by atoms with E-state index in [-0.39, 0.29) is 5.82 Å². The van der Waals surface area contributed by atoms with E-state index in [1.54, 1.807) is 7.11 Å². The molecule has 1 N–H and O–H groups in total. The predicted molar refractivity (Wildman–Crippen MR) is 60.2 cm³/mol. The van der Waals surface area contributed by atoms with Crippen molar-refractivity contribution in [2.24, 2.45) is 0 Å². The van der Waals surface area contributed by atoms with Crippen LogP contribution in [0, 0.1) is 5.82 Å². The van der Waals surface area contributed by atoms with Gasteiger partial charge in [-0.15, -0.1) is 0 Å². The van der Waals surface area contributed by atoms with Gasteiger partial charge in [0.2, 0.25) is 5.88 Å². The molecule has 4 heteroatoms. The van der Waals surface area contributed by atoms with E-state index in [1.807, 2.05) is 0 Å². The first-order chi connectivity index (χ1) is 7.70. The maximum absolute atomic E-state index is 13.2. The summed E-state index contributed by atoms with van der Waals surface area (Å²) < 4.78 is 18.4. The summed E-state index contributed by atoms with van der Waals surface area (Å²) in [5.74, 6) is 0.548. The summed E-state index contributed by atoms with van der Waals surface area (Å²) in [5, 5.41) is 3.40. The van der Waals surface area contributed by atoms with Crippen LogP contribution >= 0.6 is 0 Å². The van der Waals surface area contributed by atoms with E-state index in [0.717, 1.165) is 24.9 Å².